The molecule has 0 saturated carbocycles. The Morgan fingerprint density at radius 2 is 2.31 bits per heavy atom. The van der Waals surface area contributed by atoms with Crippen LogP contribution in [0.2, 0.25) is 0 Å². The van der Waals surface area contributed by atoms with Gasteiger partial charge in [0.2, 0.25) is 0 Å². The molecule has 1 unspecified atom stereocenters. The van der Waals surface area contributed by atoms with E-state index < -0.39 is 0 Å². The lowest BCUT2D eigenvalue weighted by Crippen LogP contribution is -2.24. The van der Waals surface area contributed by atoms with Crippen molar-refractivity contribution in [2.75, 3.05) is 18.0 Å². The number of halogens is 1. The first-order valence-electron chi connectivity index (χ1n) is 5.56. The number of aliphatic hydroxyl groups is 1. The molecule has 1 saturated heterocycles. The van der Waals surface area contributed by atoms with E-state index in [0.29, 0.717) is 12.1 Å². The van der Waals surface area contributed by atoms with Gasteiger partial charge in [-0.3, -0.25) is 0 Å². The molecular formula is C12H17FN2O. The number of nitrogens with two attached hydrogens (primary N) is 1. The molecule has 0 radical (unpaired) electrons. The van der Waals surface area contributed by atoms with Crippen molar-refractivity contribution in [2.45, 2.75) is 25.5 Å². The van der Waals surface area contributed by atoms with Crippen LogP contribution in [0.3, 0.4) is 0 Å². The summed E-state index contributed by atoms with van der Waals surface area (Å²) < 4.78 is 13.7. The van der Waals surface area contributed by atoms with Crippen LogP contribution in [0.5, 0.6) is 0 Å². The third-order valence-corrected chi connectivity index (χ3v) is 2.99. The highest BCUT2D eigenvalue weighted by atomic mass is 19.1. The van der Waals surface area contributed by atoms with E-state index in [1.54, 1.807) is 13.0 Å². The topological polar surface area (TPSA) is 49.5 Å². The molecule has 0 aliphatic carbocycles. The van der Waals surface area contributed by atoms with Gasteiger partial charge in [0.25, 0.3) is 0 Å². The van der Waals surface area contributed by atoms with Crippen LogP contribution < -0.4 is 10.6 Å². The third kappa shape index (κ3) is 2.03. The van der Waals surface area contributed by atoms with Crippen molar-refractivity contribution in [3.63, 3.8) is 0 Å². The predicted octanol–water partition coefficient (Wildman–Crippen LogP) is 1.42. The van der Waals surface area contributed by atoms with Gasteiger partial charge in [-0.15, -0.1) is 0 Å². The molecule has 0 spiro atoms. The molecule has 88 valence electrons. The van der Waals surface area contributed by atoms with E-state index in [-0.39, 0.29) is 18.0 Å². The number of aliphatic hydroxyl groups excluding tert-OH is 1. The summed E-state index contributed by atoms with van der Waals surface area (Å²) in [6.45, 7) is 3.09. The zero-order chi connectivity index (χ0) is 11.7. The lowest BCUT2D eigenvalue weighted by molar-refractivity contribution is 0.198. The molecule has 0 amide bonds. The van der Waals surface area contributed by atoms with Crippen molar-refractivity contribution >= 4 is 5.69 Å². The smallest absolute Gasteiger partial charge is 0.130 e. The van der Waals surface area contributed by atoms with Gasteiger partial charge in [0.15, 0.2) is 0 Å². The fourth-order valence-electron chi connectivity index (χ4n) is 2.21. The first-order valence-corrected chi connectivity index (χ1v) is 5.56. The normalized spacial score (nSPS) is 22.5. The van der Waals surface area contributed by atoms with Crippen LogP contribution in [0.4, 0.5) is 10.1 Å². The van der Waals surface area contributed by atoms with Gasteiger partial charge in [-0.25, -0.2) is 4.39 Å². The zero-order valence-corrected chi connectivity index (χ0v) is 9.36. The van der Waals surface area contributed by atoms with Gasteiger partial charge in [0.1, 0.15) is 5.82 Å². The average Bonchev–Trinajstić information content (AvgIpc) is 2.63. The van der Waals surface area contributed by atoms with Gasteiger partial charge >= 0.3 is 0 Å². The summed E-state index contributed by atoms with van der Waals surface area (Å²) >= 11 is 0. The summed E-state index contributed by atoms with van der Waals surface area (Å²) in [6, 6.07) is 4.63. The summed E-state index contributed by atoms with van der Waals surface area (Å²) in [4.78, 5) is 1.99. The van der Waals surface area contributed by atoms with E-state index in [1.165, 1.54) is 6.07 Å². The minimum absolute atomic E-state index is 0.270. The maximum Gasteiger partial charge on any atom is 0.130 e. The highest BCUT2D eigenvalue weighted by Crippen LogP contribution is 2.30. The highest BCUT2D eigenvalue weighted by molar-refractivity contribution is 5.56. The summed E-state index contributed by atoms with van der Waals surface area (Å²) in [6.07, 6.45) is 0.415. The lowest BCUT2D eigenvalue weighted by atomic mass is 10.1. The fourth-order valence-corrected chi connectivity index (χ4v) is 2.21. The standard InChI is InChI=1S/C12H17FN2O/c1-8(14)12-10(13)3-2-4-11(12)15-6-5-9(16)7-15/h2-4,8-9,16H,5-7,14H2,1H3/t8-,9?/m0/s1. The summed E-state index contributed by atoms with van der Waals surface area (Å²) in [7, 11) is 0. The van der Waals surface area contributed by atoms with Crippen molar-refractivity contribution in [2.24, 2.45) is 5.73 Å². The zero-order valence-electron chi connectivity index (χ0n) is 9.36. The van der Waals surface area contributed by atoms with Crippen LogP contribution in [-0.4, -0.2) is 24.3 Å². The van der Waals surface area contributed by atoms with Gasteiger partial charge in [-0.1, -0.05) is 6.07 Å². The summed E-state index contributed by atoms with van der Waals surface area (Å²) in [5.41, 5.74) is 7.14. The minimum atomic E-state index is -0.339. The Balaban J connectivity index is 2.36. The van der Waals surface area contributed by atoms with E-state index in [4.69, 9.17) is 5.73 Å². The van der Waals surface area contributed by atoms with Crippen LogP contribution in [0, 0.1) is 5.82 Å². The average molecular weight is 224 g/mol. The quantitative estimate of drug-likeness (QED) is 0.798. The number of anilines is 1. The van der Waals surface area contributed by atoms with E-state index in [9.17, 15) is 9.50 Å². The van der Waals surface area contributed by atoms with Gasteiger partial charge in [-0.05, 0) is 25.5 Å². The Hall–Kier alpha value is -1.13. The van der Waals surface area contributed by atoms with Gasteiger partial charge in [0, 0.05) is 30.4 Å². The monoisotopic (exact) mass is 224 g/mol. The molecule has 4 heteroatoms. The molecule has 2 atom stereocenters. The number of hydrogen-bond donors (Lipinski definition) is 2. The van der Waals surface area contributed by atoms with Crippen LogP contribution in [0.15, 0.2) is 18.2 Å². The number of rotatable bonds is 2. The van der Waals surface area contributed by atoms with E-state index >= 15 is 0 Å². The second-order valence-electron chi connectivity index (χ2n) is 4.35. The molecule has 1 aliphatic heterocycles. The molecule has 16 heavy (non-hydrogen) atoms. The molecule has 3 N–H and O–H groups in total. The molecule has 0 aromatic heterocycles. The van der Waals surface area contributed by atoms with E-state index in [0.717, 1.165) is 18.7 Å². The first kappa shape index (κ1) is 11.4. The Morgan fingerprint density at radius 1 is 1.56 bits per heavy atom. The van der Waals surface area contributed by atoms with Crippen molar-refractivity contribution in [3.8, 4) is 0 Å². The van der Waals surface area contributed by atoms with Crippen LogP contribution in [-0.2, 0) is 0 Å². The first-order chi connectivity index (χ1) is 7.59. The maximum absolute atomic E-state index is 13.7. The molecule has 1 aromatic carbocycles. The van der Waals surface area contributed by atoms with Crippen LogP contribution >= 0.6 is 0 Å². The molecule has 1 aromatic rings. The Kier molecular flexibility index (Phi) is 3.12. The SMILES string of the molecule is C[C@H](N)c1c(F)cccc1N1CCC(O)C1. The van der Waals surface area contributed by atoms with Crippen LogP contribution in [0.1, 0.15) is 24.9 Å². The van der Waals surface area contributed by atoms with Crippen LogP contribution in [0.25, 0.3) is 0 Å². The molecule has 1 aliphatic rings. The predicted molar refractivity (Wildman–Crippen MR) is 61.8 cm³/mol. The summed E-state index contributed by atoms with van der Waals surface area (Å²) in [5, 5.41) is 9.49. The maximum atomic E-state index is 13.7. The molecule has 2 rings (SSSR count). The lowest BCUT2D eigenvalue weighted by Gasteiger charge is -2.23. The third-order valence-electron chi connectivity index (χ3n) is 2.99. The Bertz CT molecular complexity index is 381. The highest BCUT2D eigenvalue weighted by Gasteiger charge is 2.24. The number of hydrogen-bond acceptors (Lipinski definition) is 3. The van der Waals surface area contributed by atoms with Crippen molar-refractivity contribution < 1.29 is 9.50 Å². The van der Waals surface area contributed by atoms with E-state index in [2.05, 4.69) is 0 Å². The molecule has 3 nitrogen and oxygen atoms in total. The van der Waals surface area contributed by atoms with Gasteiger partial charge in [0.05, 0.1) is 6.10 Å². The van der Waals surface area contributed by atoms with Gasteiger partial charge < -0.3 is 15.7 Å². The van der Waals surface area contributed by atoms with Crippen molar-refractivity contribution in [1.29, 1.82) is 0 Å². The molecule has 1 fully saturated rings. The second kappa shape index (κ2) is 4.39. The minimum Gasteiger partial charge on any atom is -0.391 e. The Morgan fingerprint density at radius 3 is 2.88 bits per heavy atom. The second-order valence-corrected chi connectivity index (χ2v) is 4.35. The summed E-state index contributed by atoms with van der Waals surface area (Å²) in [5.74, 6) is -0.270. The molecule has 0 bridgehead atoms. The van der Waals surface area contributed by atoms with Gasteiger partial charge in [-0.2, -0.15) is 0 Å². The fraction of sp³-hybridized carbons (Fsp3) is 0.500. The largest absolute Gasteiger partial charge is 0.391 e. The van der Waals surface area contributed by atoms with E-state index in [1.807, 2.05) is 11.0 Å². The number of β-amino-alcohol motifs (C(OH)–C–C–N with tert-alkyl or cyclic N) is 1. The molecular weight excluding hydrogens is 207 g/mol. The number of nitrogens with zero attached hydrogens (tertiary/aromatic N) is 1. The van der Waals surface area contributed by atoms with Crippen molar-refractivity contribution in [1.82, 2.24) is 0 Å². The number of benzene rings is 1. The Labute approximate surface area is 94.7 Å². The van der Waals surface area contributed by atoms with Crippen molar-refractivity contribution in [3.05, 3.63) is 29.6 Å². The molecule has 1 heterocycles.